The number of carbonyl (C=O) groups is 2. The number of terminal acetylenes is 1. The molecule has 0 aliphatic carbocycles. The van der Waals surface area contributed by atoms with Crippen LogP contribution in [0.2, 0.25) is 0 Å². The summed E-state index contributed by atoms with van der Waals surface area (Å²) in [5.41, 5.74) is 0.464. The number of carbonyl (C=O) groups excluding carboxylic acids is 2. The lowest BCUT2D eigenvalue weighted by atomic mass is 9.94. The second kappa shape index (κ2) is 8.08. The monoisotopic (exact) mass is 362 g/mol. The summed E-state index contributed by atoms with van der Waals surface area (Å²) in [5, 5.41) is 9.01. The number of rotatable bonds is 7. The molecule has 0 atom stereocenters. The molecule has 2 heterocycles. The topological polar surface area (TPSA) is 68.3 Å². The summed E-state index contributed by atoms with van der Waals surface area (Å²) < 4.78 is 5.03. The van der Waals surface area contributed by atoms with E-state index >= 15 is 0 Å². The molecule has 0 spiro atoms. The van der Waals surface area contributed by atoms with Crippen molar-refractivity contribution in [3.05, 3.63) is 27.9 Å². The Morgan fingerprint density at radius 1 is 1.38 bits per heavy atom. The molecule has 0 saturated carbocycles. The van der Waals surface area contributed by atoms with Crippen LogP contribution in [-0.2, 0) is 9.53 Å². The minimum absolute atomic E-state index is 0.197. The van der Waals surface area contributed by atoms with Crippen LogP contribution in [0.25, 0.3) is 10.6 Å². The smallest absolute Gasteiger partial charge is 0.358 e. The van der Waals surface area contributed by atoms with Gasteiger partial charge in [-0.05, 0) is 24.3 Å². The van der Waals surface area contributed by atoms with E-state index in [1.807, 2.05) is 30.7 Å². The summed E-state index contributed by atoms with van der Waals surface area (Å²) in [7, 11) is 0. The van der Waals surface area contributed by atoms with Gasteiger partial charge in [-0.15, -0.1) is 17.8 Å². The second-order valence-corrected chi connectivity index (χ2v) is 6.75. The van der Waals surface area contributed by atoms with Crippen molar-refractivity contribution in [2.75, 3.05) is 6.61 Å². The number of hydrogen-bond acceptors (Lipinski definition) is 6. The highest BCUT2D eigenvalue weighted by atomic mass is 32.1. The molecule has 0 aromatic carbocycles. The number of amides is 1. The van der Waals surface area contributed by atoms with Gasteiger partial charge in [0, 0.05) is 16.3 Å². The Morgan fingerprint density at radius 2 is 2.12 bits per heavy atom. The van der Waals surface area contributed by atoms with E-state index in [2.05, 4.69) is 16.2 Å². The Kier molecular flexibility index (Phi) is 6.12. The molecule has 0 aliphatic rings. The van der Waals surface area contributed by atoms with Crippen molar-refractivity contribution < 1.29 is 14.3 Å². The van der Waals surface area contributed by atoms with Gasteiger partial charge in [-0.3, -0.25) is 4.79 Å². The van der Waals surface area contributed by atoms with E-state index in [1.165, 1.54) is 11.3 Å². The van der Waals surface area contributed by atoms with Crippen molar-refractivity contribution >= 4 is 34.6 Å². The van der Waals surface area contributed by atoms with Gasteiger partial charge in [-0.2, -0.15) is 11.3 Å². The molecular weight excluding hydrogens is 344 g/mol. The van der Waals surface area contributed by atoms with Gasteiger partial charge in [0.05, 0.1) is 0 Å². The maximum atomic E-state index is 12.0. The van der Waals surface area contributed by atoms with Crippen molar-refractivity contribution in [3.8, 4) is 22.9 Å². The first-order valence-electron chi connectivity index (χ1n) is 7.47. The zero-order valence-electron chi connectivity index (χ0n) is 13.5. The van der Waals surface area contributed by atoms with E-state index in [0.29, 0.717) is 12.8 Å². The van der Waals surface area contributed by atoms with Crippen LogP contribution in [0.15, 0.2) is 22.2 Å². The average molecular weight is 362 g/mol. The lowest BCUT2D eigenvalue weighted by Gasteiger charge is -2.26. The van der Waals surface area contributed by atoms with Gasteiger partial charge in [-0.25, -0.2) is 9.78 Å². The maximum Gasteiger partial charge on any atom is 0.358 e. The van der Waals surface area contributed by atoms with Crippen molar-refractivity contribution in [3.63, 3.8) is 0 Å². The highest BCUT2D eigenvalue weighted by Crippen LogP contribution is 2.25. The van der Waals surface area contributed by atoms with E-state index in [1.54, 1.807) is 16.7 Å². The van der Waals surface area contributed by atoms with E-state index in [-0.39, 0.29) is 12.3 Å². The fourth-order valence-electron chi connectivity index (χ4n) is 2.06. The maximum absolute atomic E-state index is 12.0. The lowest BCUT2D eigenvalue weighted by molar-refractivity contribution is -0.125. The standard InChI is InChI=1S/C17H18N2O3S2/c1-4-17(5-2,6-3)19-14(20)9-22-16(21)13-11-24-15(18-13)12-7-8-23-10-12/h1,7-8,10-11H,5-6,9H2,2-3H3,(H,19,20). The van der Waals surface area contributed by atoms with Crippen LogP contribution < -0.4 is 5.32 Å². The van der Waals surface area contributed by atoms with Crippen LogP contribution in [0.3, 0.4) is 0 Å². The minimum Gasteiger partial charge on any atom is -0.451 e. The molecule has 2 aromatic heterocycles. The number of aromatic nitrogens is 1. The van der Waals surface area contributed by atoms with Crippen molar-refractivity contribution in [2.45, 2.75) is 32.2 Å². The van der Waals surface area contributed by atoms with Gasteiger partial charge >= 0.3 is 5.97 Å². The van der Waals surface area contributed by atoms with Gasteiger partial charge in [0.1, 0.15) is 10.5 Å². The van der Waals surface area contributed by atoms with Crippen LogP contribution in [0.5, 0.6) is 0 Å². The van der Waals surface area contributed by atoms with E-state index in [4.69, 9.17) is 11.2 Å². The van der Waals surface area contributed by atoms with E-state index in [0.717, 1.165) is 10.6 Å². The first-order chi connectivity index (χ1) is 11.5. The molecule has 7 heteroatoms. The Morgan fingerprint density at radius 3 is 2.71 bits per heavy atom. The zero-order chi connectivity index (χ0) is 17.6. The number of thiophene rings is 1. The number of thiazole rings is 1. The predicted octanol–water partition coefficient (Wildman–Crippen LogP) is 3.34. The average Bonchev–Trinajstić information content (AvgIpc) is 3.28. The largest absolute Gasteiger partial charge is 0.451 e. The molecule has 0 radical (unpaired) electrons. The molecule has 2 aromatic rings. The predicted molar refractivity (Wildman–Crippen MR) is 96.0 cm³/mol. The number of ether oxygens (including phenoxy) is 1. The van der Waals surface area contributed by atoms with E-state index < -0.39 is 17.4 Å². The molecule has 0 fully saturated rings. The van der Waals surface area contributed by atoms with Gasteiger partial charge in [0.15, 0.2) is 12.3 Å². The highest BCUT2D eigenvalue weighted by molar-refractivity contribution is 7.14. The summed E-state index contributed by atoms with van der Waals surface area (Å²) >= 11 is 2.92. The van der Waals surface area contributed by atoms with Crippen LogP contribution in [-0.4, -0.2) is 29.0 Å². The summed E-state index contributed by atoms with van der Waals surface area (Å²) in [4.78, 5) is 28.2. The normalized spacial score (nSPS) is 10.9. The van der Waals surface area contributed by atoms with Crippen molar-refractivity contribution in [1.82, 2.24) is 10.3 Å². The van der Waals surface area contributed by atoms with Gasteiger partial charge in [0.2, 0.25) is 0 Å². The van der Waals surface area contributed by atoms with E-state index in [9.17, 15) is 9.59 Å². The molecular formula is C17H18N2O3S2. The Hall–Kier alpha value is -2.17. The molecule has 5 nitrogen and oxygen atoms in total. The molecule has 0 aliphatic heterocycles. The second-order valence-electron chi connectivity index (χ2n) is 5.11. The Balaban J connectivity index is 1.91. The first kappa shape index (κ1) is 18.2. The van der Waals surface area contributed by atoms with Gasteiger partial charge in [-0.1, -0.05) is 19.8 Å². The number of nitrogens with zero attached hydrogens (tertiary/aromatic N) is 1. The van der Waals surface area contributed by atoms with Crippen LogP contribution >= 0.6 is 22.7 Å². The van der Waals surface area contributed by atoms with Crippen molar-refractivity contribution in [1.29, 1.82) is 0 Å². The zero-order valence-corrected chi connectivity index (χ0v) is 15.1. The molecule has 0 saturated heterocycles. The lowest BCUT2D eigenvalue weighted by Crippen LogP contribution is -2.48. The first-order valence-corrected chi connectivity index (χ1v) is 9.29. The van der Waals surface area contributed by atoms with Gasteiger partial charge in [0.25, 0.3) is 5.91 Å². The minimum atomic E-state index is -0.698. The summed E-state index contributed by atoms with van der Waals surface area (Å²) in [5.74, 6) is 1.56. The molecule has 1 amide bonds. The SMILES string of the molecule is C#CC(CC)(CC)NC(=O)COC(=O)c1csc(-c2ccsc2)n1. The molecule has 24 heavy (non-hydrogen) atoms. The fraction of sp³-hybridized carbons (Fsp3) is 0.353. The number of nitrogens with one attached hydrogen (secondary N) is 1. The summed E-state index contributed by atoms with van der Waals surface area (Å²) in [6, 6.07) is 1.93. The van der Waals surface area contributed by atoms with Crippen molar-refractivity contribution in [2.24, 2.45) is 0 Å². The Bertz CT molecular complexity index is 740. The van der Waals surface area contributed by atoms with Crippen LogP contribution in [0.4, 0.5) is 0 Å². The number of hydrogen-bond donors (Lipinski definition) is 1. The number of esters is 1. The van der Waals surface area contributed by atoms with Gasteiger partial charge < -0.3 is 10.1 Å². The molecule has 2 rings (SSSR count). The third-order valence-electron chi connectivity index (χ3n) is 3.68. The molecule has 1 N–H and O–H groups in total. The van der Waals surface area contributed by atoms with Crippen LogP contribution in [0.1, 0.15) is 37.2 Å². The third kappa shape index (κ3) is 4.22. The molecule has 126 valence electrons. The quantitative estimate of drug-likeness (QED) is 0.606. The summed E-state index contributed by atoms with van der Waals surface area (Å²) in [6.45, 7) is 3.42. The third-order valence-corrected chi connectivity index (χ3v) is 5.25. The summed E-state index contributed by atoms with van der Waals surface area (Å²) in [6.07, 6.45) is 6.71. The van der Waals surface area contributed by atoms with Crippen LogP contribution in [0, 0.1) is 12.3 Å². The molecule has 0 bridgehead atoms. The Labute approximate surface area is 149 Å². The molecule has 0 unspecified atom stereocenters. The fourth-order valence-corrected chi connectivity index (χ4v) is 3.56. The highest BCUT2D eigenvalue weighted by Gasteiger charge is 2.26.